The van der Waals surface area contributed by atoms with Gasteiger partial charge in [0.05, 0.1) is 12.6 Å². The Morgan fingerprint density at radius 1 is 1.44 bits per heavy atom. The Balaban J connectivity index is 0.00000289. The molecule has 0 heterocycles. The number of nitrogens with one attached hydrogen (secondary N) is 1. The Kier molecular flexibility index (Phi) is 10.4. The summed E-state index contributed by atoms with van der Waals surface area (Å²) in [6.45, 7) is 7.93. The number of hydrogen-bond donors (Lipinski definition) is 2. The van der Waals surface area contributed by atoms with Crippen LogP contribution < -0.4 is 11.1 Å². The lowest BCUT2D eigenvalue weighted by Crippen LogP contribution is -2.33. The molecular weight excluding hydrogens is 341 g/mol. The number of halogens is 1. The maximum atomic E-state index is 5.75. The molecular formula is C13H26IN3O. The van der Waals surface area contributed by atoms with E-state index >= 15 is 0 Å². The van der Waals surface area contributed by atoms with E-state index in [9.17, 15) is 0 Å². The molecule has 0 aromatic rings. The van der Waals surface area contributed by atoms with Crippen LogP contribution in [0.3, 0.4) is 0 Å². The van der Waals surface area contributed by atoms with E-state index < -0.39 is 0 Å². The van der Waals surface area contributed by atoms with Gasteiger partial charge in [-0.1, -0.05) is 25.0 Å². The first kappa shape index (κ1) is 17.7. The van der Waals surface area contributed by atoms with E-state index in [1.165, 1.54) is 25.7 Å². The number of ether oxygens (including phenoxy) is 1. The van der Waals surface area contributed by atoms with E-state index in [2.05, 4.69) is 16.9 Å². The molecule has 18 heavy (non-hydrogen) atoms. The van der Waals surface area contributed by atoms with Gasteiger partial charge in [-0.15, -0.1) is 24.0 Å². The molecule has 0 unspecified atom stereocenters. The largest absolute Gasteiger partial charge is 0.378 e. The number of guanidine groups is 1. The molecule has 0 radical (unpaired) electrons. The van der Waals surface area contributed by atoms with Crippen LogP contribution in [0.4, 0.5) is 0 Å². The smallest absolute Gasteiger partial charge is 0.188 e. The summed E-state index contributed by atoms with van der Waals surface area (Å²) in [5.41, 5.74) is 6.70. The second-order valence-corrected chi connectivity index (χ2v) is 4.72. The second-order valence-electron chi connectivity index (χ2n) is 4.72. The fourth-order valence-corrected chi connectivity index (χ4v) is 1.87. The topological polar surface area (TPSA) is 59.6 Å². The van der Waals surface area contributed by atoms with Crippen molar-refractivity contribution in [2.75, 3.05) is 19.7 Å². The zero-order valence-corrected chi connectivity index (χ0v) is 13.6. The number of nitrogens with two attached hydrogens (primary N) is 1. The van der Waals surface area contributed by atoms with Crippen molar-refractivity contribution in [1.29, 1.82) is 0 Å². The number of nitrogens with zero attached hydrogens (tertiary/aromatic N) is 1. The SMILES string of the molecule is C=C(C)CN=C(N)NCCCOC1CCCC1.I. The van der Waals surface area contributed by atoms with Crippen LogP contribution >= 0.6 is 24.0 Å². The molecule has 106 valence electrons. The van der Waals surface area contributed by atoms with Crippen molar-refractivity contribution in [3.05, 3.63) is 12.2 Å². The number of aliphatic imine (C=N–C) groups is 1. The Labute approximate surface area is 127 Å². The van der Waals surface area contributed by atoms with Crippen LogP contribution in [0.1, 0.15) is 39.0 Å². The average Bonchev–Trinajstić information content (AvgIpc) is 2.79. The summed E-state index contributed by atoms with van der Waals surface area (Å²) >= 11 is 0. The van der Waals surface area contributed by atoms with Gasteiger partial charge in [-0.2, -0.15) is 0 Å². The van der Waals surface area contributed by atoms with Gasteiger partial charge in [0.2, 0.25) is 0 Å². The van der Waals surface area contributed by atoms with Gasteiger partial charge >= 0.3 is 0 Å². The molecule has 4 nitrogen and oxygen atoms in total. The molecule has 1 saturated carbocycles. The highest BCUT2D eigenvalue weighted by Gasteiger charge is 2.14. The zero-order chi connectivity index (χ0) is 12.5. The van der Waals surface area contributed by atoms with Crippen LogP contribution in [0.2, 0.25) is 0 Å². The van der Waals surface area contributed by atoms with E-state index in [0.717, 1.165) is 25.1 Å². The average molecular weight is 367 g/mol. The number of rotatable bonds is 7. The normalized spacial score (nSPS) is 16.4. The summed E-state index contributed by atoms with van der Waals surface area (Å²) in [6.07, 6.45) is 6.59. The van der Waals surface area contributed by atoms with Crippen LogP contribution in [0, 0.1) is 0 Å². The highest BCUT2D eigenvalue weighted by Crippen LogP contribution is 2.20. The van der Waals surface area contributed by atoms with Gasteiger partial charge in [0.25, 0.3) is 0 Å². The van der Waals surface area contributed by atoms with Crippen LogP contribution in [-0.2, 0) is 4.74 Å². The highest BCUT2D eigenvalue weighted by molar-refractivity contribution is 14.0. The standard InChI is InChI=1S/C13H25N3O.HI/c1-11(2)10-16-13(14)15-8-5-9-17-12-6-3-4-7-12;/h12H,1,3-10H2,2H3,(H3,14,15,16);1H. The van der Waals surface area contributed by atoms with E-state index in [-0.39, 0.29) is 24.0 Å². The van der Waals surface area contributed by atoms with Crippen LogP contribution in [0.25, 0.3) is 0 Å². The summed E-state index contributed by atoms with van der Waals surface area (Å²) in [5, 5.41) is 3.07. The maximum Gasteiger partial charge on any atom is 0.188 e. The lowest BCUT2D eigenvalue weighted by Gasteiger charge is -2.11. The predicted octanol–water partition coefficient (Wildman–Crippen LogP) is 2.43. The molecule has 0 aromatic heterocycles. The van der Waals surface area contributed by atoms with Crippen molar-refractivity contribution in [3.63, 3.8) is 0 Å². The van der Waals surface area contributed by atoms with Crippen molar-refractivity contribution in [2.45, 2.75) is 45.1 Å². The molecule has 1 rings (SSSR count). The Bertz CT molecular complexity index is 263. The molecule has 1 aliphatic carbocycles. The fourth-order valence-electron chi connectivity index (χ4n) is 1.87. The van der Waals surface area contributed by atoms with Crippen molar-refractivity contribution in [3.8, 4) is 0 Å². The van der Waals surface area contributed by atoms with Crippen molar-refractivity contribution >= 4 is 29.9 Å². The third-order valence-electron chi connectivity index (χ3n) is 2.80. The first-order chi connectivity index (χ1) is 8.18. The summed E-state index contributed by atoms with van der Waals surface area (Å²) in [4.78, 5) is 4.14. The van der Waals surface area contributed by atoms with Gasteiger partial charge in [0, 0.05) is 13.2 Å². The lowest BCUT2D eigenvalue weighted by atomic mass is 10.3. The molecule has 5 heteroatoms. The minimum atomic E-state index is 0. The quantitative estimate of drug-likeness (QED) is 0.239. The first-order valence-electron chi connectivity index (χ1n) is 6.48. The van der Waals surface area contributed by atoms with Gasteiger partial charge < -0.3 is 15.8 Å². The third-order valence-corrected chi connectivity index (χ3v) is 2.80. The van der Waals surface area contributed by atoms with Crippen LogP contribution in [0.15, 0.2) is 17.1 Å². The molecule has 0 spiro atoms. The molecule has 3 N–H and O–H groups in total. The molecule has 0 atom stereocenters. The van der Waals surface area contributed by atoms with Gasteiger partial charge in [0.1, 0.15) is 0 Å². The van der Waals surface area contributed by atoms with Crippen molar-refractivity contribution < 1.29 is 4.74 Å². The Morgan fingerprint density at radius 3 is 2.72 bits per heavy atom. The van der Waals surface area contributed by atoms with E-state index in [1.807, 2.05) is 6.92 Å². The minimum absolute atomic E-state index is 0. The highest BCUT2D eigenvalue weighted by atomic mass is 127. The van der Waals surface area contributed by atoms with Gasteiger partial charge in [-0.3, -0.25) is 0 Å². The Hall–Kier alpha value is -0.300. The van der Waals surface area contributed by atoms with Crippen LogP contribution in [0.5, 0.6) is 0 Å². The summed E-state index contributed by atoms with van der Waals surface area (Å²) in [7, 11) is 0. The Morgan fingerprint density at radius 2 is 2.11 bits per heavy atom. The lowest BCUT2D eigenvalue weighted by molar-refractivity contribution is 0.0574. The van der Waals surface area contributed by atoms with Gasteiger partial charge in [0.15, 0.2) is 5.96 Å². The third kappa shape index (κ3) is 8.74. The molecule has 0 aromatic carbocycles. The molecule has 1 fully saturated rings. The second kappa shape index (κ2) is 10.6. The van der Waals surface area contributed by atoms with Crippen molar-refractivity contribution in [2.24, 2.45) is 10.7 Å². The van der Waals surface area contributed by atoms with E-state index in [1.54, 1.807) is 0 Å². The first-order valence-corrected chi connectivity index (χ1v) is 6.48. The molecule has 0 aliphatic heterocycles. The maximum absolute atomic E-state index is 5.75. The van der Waals surface area contributed by atoms with Gasteiger partial charge in [-0.25, -0.2) is 4.99 Å². The summed E-state index contributed by atoms with van der Waals surface area (Å²) in [5.74, 6) is 0.494. The minimum Gasteiger partial charge on any atom is -0.378 e. The fraction of sp³-hybridized carbons (Fsp3) is 0.769. The van der Waals surface area contributed by atoms with Gasteiger partial charge in [-0.05, 0) is 26.2 Å². The zero-order valence-electron chi connectivity index (χ0n) is 11.3. The monoisotopic (exact) mass is 367 g/mol. The molecule has 1 aliphatic rings. The van der Waals surface area contributed by atoms with E-state index in [0.29, 0.717) is 18.6 Å². The molecule has 0 bridgehead atoms. The van der Waals surface area contributed by atoms with Crippen LogP contribution in [-0.4, -0.2) is 31.8 Å². The summed E-state index contributed by atoms with van der Waals surface area (Å²) in [6, 6.07) is 0. The van der Waals surface area contributed by atoms with Crippen molar-refractivity contribution in [1.82, 2.24) is 5.32 Å². The van der Waals surface area contributed by atoms with E-state index in [4.69, 9.17) is 10.5 Å². The molecule has 0 amide bonds. The molecule has 0 saturated heterocycles. The predicted molar refractivity (Wildman–Crippen MR) is 87.5 cm³/mol. The summed E-state index contributed by atoms with van der Waals surface area (Å²) < 4.78 is 5.75. The number of hydrogen-bond acceptors (Lipinski definition) is 2.